The van der Waals surface area contributed by atoms with Gasteiger partial charge in [0.15, 0.2) is 0 Å². The van der Waals surface area contributed by atoms with E-state index in [1.165, 1.54) is 49.3 Å². The van der Waals surface area contributed by atoms with E-state index in [1.807, 2.05) is 27.2 Å². The first kappa shape index (κ1) is 29.4. The molecule has 1 aromatic rings. The van der Waals surface area contributed by atoms with Crippen LogP contribution in [-0.2, 0) is 15.0 Å². The fourth-order valence-corrected chi connectivity index (χ4v) is 5.51. The monoisotopic (exact) mass is 484 g/mol. The largest absolute Gasteiger partial charge is 0.481 e. The average Bonchev–Trinajstić information content (AvgIpc) is 2.70. The van der Waals surface area contributed by atoms with Gasteiger partial charge in [-0.3, -0.25) is 9.52 Å². The first-order valence-corrected chi connectivity index (χ1v) is 13.9. The van der Waals surface area contributed by atoms with Gasteiger partial charge in [-0.25, -0.2) is 0 Å². The average molecular weight is 485 g/mol. The Hall–Kier alpha value is -1.64. The number of quaternary nitrogens is 1. The van der Waals surface area contributed by atoms with Crippen LogP contribution in [0, 0.1) is 0 Å². The Morgan fingerprint density at radius 1 is 0.939 bits per heavy atom. The van der Waals surface area contributed by atoms with E-state index in [9.17, 15) is 18.3 Å². The summed E-state index contributed by atoms with van der Waals surface area (Å²) >= 11 is 0. The molecule has 0 aliphatic heterocycles. The maximum atomic E-state index is 13.3. The van der Waals surface area contributed by atoms with Gasteiger partial charge >= 0.3 is 16.2 Å². The number of likely N-dealkylation sites (N-methyl/N-ethyl adjacent to an activating group) is 1. The molecule has 0 aliphatic rings. The lowest BCUT2D eigenvalue weighted by atomic mass is 10.1. The molecule has 33 heavy (non-hydrogen) atoms. The van der Waals surface area contributed by atoms with Gasteiger partial charge in [-0.1, -0.05) is 82.9 Å². The number of carboxylic acids is 1. The predicted octanol–water partition coefficient (Wildman–Crippen LogP) is 5.12. The van der Waals surface area contributed by atoms with Gasteiger partial charge in [-0.2, -0.15) is 12.7 Å². The molecule has 2 N–H and O–H groups in total. The van der Waals surface area contributed by atoms with Crippen LogP contribution in [0.3, 0.4) is 0 Å². The van der Waals surface area contributed by atoms with E-state index in [0.717, 1.165) is 19.3 Å². The summed E-state index contributed by atoms with van der Waals surface area (Å²) in [5.41, 5.74) is 0.477. The zero-order valence-corrected chi connectivity index (χ0v) is 21.9. The van der Waals surface area contributed by atoms with Gasteiger partial charge in [0.05, 0.1) is 40.2 Å². The van der Waals surface area contributed by atoms with E-state index in [0.29, 0.717) is 23.3 Å². The molecule has 1 aromatic carbocycles. The van der Waals surface area contributed by atoms with E-state index in [4.69, 9.17) is 0 Å². The van der Waals surface area contributed by atoms with E-state index in [1.54, 1.807) is 24.3 Å². The van der Waals surface area contributed by atoms with Gasteiger partial charge in [-0.05, 0) is 18.6 Å². The first-order valence-electron chi connectivity index (χ1n) is 12.4. The second kappa shape index (κ2) is 15.3. The molecular weight excluding hydrogens is 438 g/mol. The highest BCUT2D eigenvalue weighted by Gasteiger charge is 2.34. The molecule has 0 heterocycles. The van der Waals surface area contributed by atoms with Crippen molar-refractivity contribution >= 4 is 21.9 Å². The van der Waals surface area contributed by atoms with Crippen molar-refractivity contribution in [3.8, 4) is 0 Å². The van der Waals surface area contributed by atoms with Crippen molar-refractivity contribution < 1.29 is 22.8 Å². The molecular formula is C25H46N3O4S+. The molecule has 1 atom stereocenters. The van der Waals surface area contributed by atoms with Crippen molar-refractivity contribution in [2.24, 2.45) is 0 Å². The molecule has 0 saturated carbocycles. The number of hydrogen-bond donors (Lipinski definition) is 2. The number of aliphatic carboxylic acids is 1. The SMILES string of the molecule is CCCCCCCCCCCCN(C(CC(=O)O)C[N+](C)(C)C)S(=O)(=O)Nc1ccccc1. The van der Waals surface area contributed by atoms with Crippen molar-refractivity contribution in [1.82, 2.24) is 4.31 Å². The number of carboxylic acid groups (broad SMARTS) is 1. The van der Waals surface area contributed by atoms with Crippen molar-refractivity contribution in [3.63, 3.8) is 0 Å². The van der Waals surface area contributed by atoms with Gasteiger partial charge in [0.2, 0.25) is 0 Å². The van der Waals surface area contributed by atoms with Gasteiger partial charge < -0.3 is 9.59 Å². The Kier molecular flexibility index (Phi) is 13.6. The third-order valence-corrected chi connectivity index (χ3v) is 7.23. The Morgan fingerprint density at radius 2 is 1.45 bits per heavy atom. The molecule has 0 fully saturated rings. The summed E-state index contributed by atoms with van der Waals surface area (Å²) < 4.78 is 31.1. The Balaban J connectivity index is 2.77. The number of benzene rings is 1. The first-order chi connectivity index (χ1) is 15.5. The minimum atomic E-state index is -3.89. The van der Waals surface area contributed by atoms with Crippen molar-refractivity contribution in [2.45, 2.75) is 83.6 Å². The van der Waals surface area contributed by atoms with Gasteiger partial charge in [0, 0.05) is 12.2 Å². The van der Waals surface area contributed by atoms with Crippen LogP contribution in [0.2, 0.25) is 0 Å². The lowest BCUT2D eigenvalue weighted by molar-refractivity contribution is -0.872. The van der Waals surface area contributed by atoms with E-state index in [-0.39, 0.29) is 6.42 Å². The predicted molar refractivity (Wildman–Crippen MR) is 136 cm³/mol. The number of carbonyl (C=O) groups is 1. The number of nitrogens with zero attached hydrogens (tertiary/aromatic N) is 2. The molecule has 0 saturated heterocycles. The van der Waals surface area contributed by atoms with Crippen molar-refractivity contribution in [3.05, 3.63) is 30.3 Å². The number of anilines is 1. The third-order valence-electron chi connectivity index (χ3n) is 5.64. The smallest absolute Gasteiger partial charge is 0.305 e. The van der Waals surface area contributed by atoms with Crippen LogP contribution in [0.4, 0.5) is 5.69 Å². The summed E-state index contributed by atoms with van der Waals surface area (Å²) in [4.78, 5) is 11.6. The number of rotatable bonds is 19. The van der Waals surface area contributed by atoms with Crippen LogP contribution in [0.1, 0.15) is 77.6 Å². The highest BCUT2D eigenvalue weighted by atomic mass is 32.2. The minimum absolute atomic E-state index is 0.219. The molecule has 0 spiro atoms. The van der Waals surface area contributed by atoms with Crippen molar-refractivity contribution in [2.75, 3.05) is 39.0 Å². The molecule has 0 aromatic heterocycles. The molecule has 0 bridgehead atoms. The molecule has 0 amide bonds. The van der Waals surface area contributed by atoms with Crippen LogP contribution < -0.4 is 4.72 Å². The van der Waals surface area contributed by atoms with Crippen LogP contribution in [0.25, 0.3) is 0 Å². The normalized spacial score (nSPS) is 13.2. The Morgan fingerprint density at radius 3 is 1.94 bits per heavy atom. The highest BCUT2D eigenvalue weighted by molar-refractivity contribution is 7.90. The number of nitrogens with one attached hydrogen (secondary N) is 1. The van der Waals surface area contributed by atoms with E-state index >= 15 is 0 Å². The van der Waals surface area contributed by atoms with E-state index in [2.05, 4.69) is 11.6 Å². The molecule has 0 radical (unpaired) electrons. The third kappa shape index (κ3) is 13.6. The zero-order chi connectivity index (χ0) is 24.7. The summed E-state index contributed by atoms with van der Waals surface area (Å²) in [6, 6.07) is 8.13. The summed E-state index contributed by atoms with van der Waals surface area (Å²) in [5.74, 6) is -0.989. The van der Waals surface area contributed by atoms with Crippen LogP contribution in [0.15, 0.2) is 30.3 Å². The number of hydrogen-bond acceptors (Lipinski definition) is 3. The molecule has 1 unspecified atom stereocenters. The topological polar surface area (TPSA) is 86.7 Å². The summed E-state index contributed by atoms with van der Waals surface area (Å²) in [6.45, 7) is 2.96. The summed E-state index contributed by atoms with van der Waals surface area (Å²) in [5, 5.41) is 9.48. The standard InChI is InChI=1S/C25H45N3O4S/c1-5-6-7-8-9-10-11-12-13-17-20-27(24(21-25(29)30)22-28(2,3)4)33(31,32)26-23-18-15-14-16-19-23/h14-16,18-19,24,26H,5-13,17,20-22H2,1-4H3/p+1. The maximum absolute atomic E-state index is 13.3. The molecule has 8 heteroatoms. The number of unbranched alkanes of at least 4 members (excludes halogenated alkanes) is 9. The maximum Gasteiger partial charge on any atom is 0.305 e. The highest BCUT2D eigenvalue weighted by Crippen LogP contribution is 2.19. The number of para-hydroxylation sites is 1. The van der Waals surface area contributed by atoms with Gasteiger partial charge in [-0.15, -0.1) is 0 Å². The minimum Gasteiger partial charge on any atom is -0.481 e. The van der Waals surface area contributed by atoms with Crippen LogP contribution >= 0.6 is 0 Å². The second-order valence-electron chi connectivity index (χ2n) is 9.99. The Labute approximate surface area is 201 Å². The second-order valence-corrected chi connectivity index (χ2v) is 11.6. The zero-order valence-electron chi connectivity index (χ0n) is 21.1. The fraction of sp³-hybridized carbons (Fsp3) is 0.720. The van der Waals surface area contributed by atoms with Crippen molar-refractivity contribution in [1.29, 1.82) is 0 Å². The summed E-state index contributed by atoms with van der Waals surface area (Å²) in [6.07, 6.45) is 11.4. The molecule has 190 valence electrons. The summed E-state index contributed by atoms with van der Waals surface area (Å²) in [7, 11) is 1.95. The van der Waals surface area contributed by atoms with Crippen LogP contribution in [-0.4, -0.2) is 68.6 Å². The van der Waals surface area contributed by atoms with Crippen LogP contribution in [0.5, 0.6) is 0 Å². The van der Waals surface area contributed by atoms with Gasteiger partial charge in [0.1, 0.15) is 0 Å². The lowest BCUT2D eigenvalue weighted by Crippen LogP contribution is -2.53. The fourth-order valence-electron chi connectivity index (χ4n) is 4.06. The van der Waals surface area contributed by atoms with E-state index < -0.39 is 22.2 Å². The lowest BCUT2D eigenvalue weighted by Gasteiger charge is -2.35. The van der Waals surface area contributed by atoms with Gasteiger partial charge in [0.25, 0.3) is 0 Å². The Bertz CT molecular complexity index is 764. The molecule has 0 aliphatic carbocycles. The molecule has 1 rings (SSSR count). The quantitative estimate of drug-likeness (QED) is 0.211. The molecule has 7 nitrogen and oxygen atoms in total.